The summed E-state index contributed by atoms with van der Waals surface area (Å²) in [5.74, 6) is -2.92. The van der Waals surface area contributed by atoms with Gasteiger partial charge in [0.15, 0.2) is 0 Å². The highest BCUT2D eigenvalue weighted by molar-refractivity contribution is 7.80. The lowest BCUT2D eigenvalue weighted by atomic mass is 9.85. The molecule has 20 heavy (non-hydrogen) atoms. The van der Waals surface area contributed by atoms with Crippen LogP contribution in [0.3, 0.4) is 0 Å². The van der Waals surface area contributed by atoms with Gasteiger partial charge in [-0.1, -0.05) is 54.7 Å². The highest BCUT2D eigenvalue weighted by Crippen LogP contribution is 2.35. The first kappa shape index (κ1) is 14.8. The standard InChI is InChI=1S/C15H15F2NOS/c16-15(17)8-6-12(7-9-15)13(10-14(20)18-19)11-4-2-1-3-5-11/h1-8,13,19H,9-10H2,(H,18,20). The molecule has 2 rings (SSSR count). The van der Waals surface area contributed by atoms with Gasteiger partial charge in [-0.15, -0.1) is 0 Å². The van der Waals surface area contributed by atoms with Gasteiger partial charge in [-0.2, -0.15) is 0 Å². The Morgan fingerprint density at radius 1 is 1.35 bits per heavy atom. The largest absolute Gasteiger partial charge is 0.291 e. The molecule has 0 saturated carbocycles. The van der Waals surface area contributed by atoms with E-state index in [-0.39, 0.29) is 17.3 Å². The van der Waals surface area contributed by atoms with Gasteiger partial charge in [0.2, 0.25) is 0 Å². The molecule has 2 nitrogen and oxygen atoms in total. The number of alkyl halides is 2. The lowest BCUT2D eigenvalue weighted by Crippen LogP contribution is -2.21. The van der Waals surface area contributed by atoms with Crippen molar-refractivity contribution in [2.75, 3.05) is 0 Å². The number of thiocarbonyl (C=S) groups is 1. The first-order valence-electron chi connectivity index (χ1n) is 6.27. The molecule has 0 saturated heterocycles. The molecule has 0 bridgehead atoms. The average Bonchev–Trinajstić information content (AvgIpc) is 2.46. The van der Waals surface area contributed by atoms with E-state index in [1.54, 1.807) is 0 Å². The van der Waals surface area contributed by atoms with E-state index in [9.17, 15) is 8.78 Å². The van der Waals surface area contributed by atoms with Gasteiger partial charge < -0.3 is 0 Å². The summed E-state index contributed by atoms with van der Waals surface area (Å²) in [5.41, 5.74) is 3.72. The number of rotatable bonds is 4. The van der Waals surface area contributed by atoms with Crippen molar-refractivity contribution in [2.24, 2.45) is 0 Å². The molecular formula is C15H15F2NOS. The summed E-state index contributed by atoms with van der Waals surface area (Å²) >= 11 is 4.99. The predicted octanol–water partition coefficient (Wildman–Crippen LogP) is 3.99. The van der Waals surface area contributed by atoms with Crippen molar-refractivity contribution in [1.82, 2.24) is 5.48 Å². The van der Waals surface area contributed by atoms with Crippen molar-refractivity contribution in [1.29, 1.82) is 0 Å². The second-order valence-electron chi connectivity index (χ2n) is 4.70. The quantitative estimate of drug-likeness (QED) is 0.651. The van der Waals surface area contributed by atoms with Crippen molar-refractivity contribution >= 4 is 17.2 Å². The third-order valence-electron chi connectivity index (χ3n) is 3.25. The van der Waals surface area contributed by atoms with Crippen LogP contribution in [-0.2, 0) is 0 Å². The van der Waals surface area contributed by atoms with Crippen molar-refractivity contribution < 1.29 is 14.0 Å². The van der Waals surface area contributed by atoms with Gasteiger partial charge in [0, 0.05) is 18.8 Å². The third-order valence-corrected chi connectivity index (χ3v) is 3.51. The molecule has 1 aliphatic rings. The molecule has 1 aromatic rings. The number of hydroxylamine groups is 1. The minimum Gasteiger partial charge on any atom is -0.291 e. The zero-order valence-electron chi connectivity index (χ0n) is 10.7. The molecule has 0 heterocycles. The molecular weight excluding hydrogens is 280 g/mol. The first-order valence-corrected chi connectivity index (χ1v) is 6.67. The van der Waals surface area contributed by atoms with Gasteiger partial charge in [-0.3, -0.25) is 10.7 Å². The van der Waals surface area contributed by atoms with Crippen LogP contribution in [0.15, 0.2) is 54.1 Å². The maximum Gasteiger partial charge on any atom is 0.270 e. The Morgan fingerprint density at radius 2 is 2.05 bits per heavy atom. The Balaban J connectivity index is 2.27. The molecule has 0 amide bonds. The smallest absolute Gasteiger partial charge is 0.270 e. The predicted molar refractivity (Wildman–Crippen MR) is 78.1 cm³/mol. The molecule has 0 spiro atoms. The number of hydrogen-bond acceptors (Lipinski definition) is 2. The zero-order valence-corrected chi connectivity index (χ0v) is 11.5. The van der Waals surface area contributed by atoms with Gasteiger partial charge in [-0.25, -0.2) is 8.78 Å². The number of halogens is 2. The van der Waals surface area contributed by atoms with Crippen molar-refractivity contribution in [2.45, 2.75) is 24.7 Å². The van der Waals surface area contributed by atoms with Crippen LogP contribution in [0, 0.1) is 0 Å². The lowest BCUT2D eigenvalue weighted by molar-refractivity contribution is 0.0570. The molecule has 2 N–H and O–H groups in total. The van der Waals surface area contributed by atoms with E-state index in [0.717, 1.165) is 17.2 Å². The monoisotopic (exact) mass is 295 g/mol. The molecule has 0 fully saturated rings. The van der Waals surface area contributed by atoms with Crippen LogP contribution >= 0.6 is 12.2 Å². The Bertz CT molecular complexity index is 540. The van der Waals surface area contributed by atoms with Crippen LogP contribution < -0.4 is 5.48 Å². The third kappa shape index (κ3) is 3.71. The summed E-state index contributed by atoms with van der Waals surface area (Å²) in [6, 6.07) is 9.51. The van der Waals surface area contributed by atoms with E-state index in [2.05, 4.69) is 0 Å². The summed E-state index contributed by atoms with van der Waals surface area (Å²) in [4.78, 5) is 0.283. The Labute approximate surface area is 121 Å². The number of hydrogen-bond donors (Lipinski definition) is 2. The topological polar surface area (TPSA) is 32.3 Å². The first-order chi connectivity index (χ1) is 9.52. The fourth-order valence-corrected chi connectivity index (χ4v) is 2.38. The molecule has 1 aliphatic carbocycles. The molecule has 5 heteroatoms. The van der Waals surface area contributed by atoms with Crippen molar-refractivity contribution in [3.63, 3.8) is 0 Å². The molecule has 106 valence electrons. The van der Waals surface area contributed by atoms with Crippen LogP contribution in [0.1, 0.15) is 24.3 Å². The van der Waals surface area contributed by atoms with Gasteiger partial charge in [-0.05, 0) is 17.2 Å². The van der Waals surface area contributed by atoms with Gasteiger partial charge in [0.05, 0.1) is 0 Å². The highest BCUT2D eigenvalue weighted by atomic mass is 32.1. The second kappa shape index (κ2) is 6.24. The van der Waals surface area contributed by atoms with Crippen molar-refractivity contribution in [3.8, 4) is 0 Å². The molecule has 1 aromatic carbocycles. The number of allylic oxidation sites excluding steroid dienone is 4. The molecule has 1 unspecified atom stereocenters. The Morgan fingerprint density at radius 3 is 2.60 bits per heavy atom. The second-order valence-corrected chi connectivity index (χ2v) is 5.20. The maximum atomic E-state index is 13.2. The lowest BCUT2D eigenvalue weighted by Gasteiger charge is -2.23. The zero-order chi connectivity index (χ0) is 14.6. The molecule has 0 radical (unpaired) electrons. The van der Waals surface area contributed by atoms with Crippen LogP contribution in [0.5, 0.6) is 0 Å². The number of benzene rings is 1. The van der Waals surface area contributed by atoms with Gasteiger partial charge in [0.25, 0.3) is 5.92 Å². The average molecular weight is 295 g/mol. The summed E-state index contributed by atoms with van der Waals surface area (Å²) in [7, 11) is 0. The van der Waals surface area contributed by atoms with E-state index in [1.165, 1.54) is 12.2 Å². The summed E-state index contributed by atoms with van der Waals surface area (Å²) in [5, 5.41) is 8.86. The summed E-state index contributed by atoms with van der Waals surface area (Å²) < 4.78 is 26.3. The minimum atomic E-state index is -2.78. The number of nitrogens with one attached hydrogen (secondary N) is 1. The van der Waals surface area contributed by atoms with Gasteiger partial charge >= 0.3 is 0 Å². The van der Waals surface area contributed by atoms with Crippen LogP contribution in [-0.4, -0.2) is 16.1 Å². The summed E-state index contributed by atoms with van der Waals surface area (Å²) in [6.45, 7) is 0. The van der Waals surface area contributed by atoms with Crippen LogP contribution in [0.25, 0.3) is 0 Å². The van der Waals surface area contributed by atoms with Crippen molar-refractivity contribution in [3.05, 3.63) is 59.7 Å². The van der Waals surface area contributed by atoms with E-state index in [0.29, 0.717) is 6.42 Å². The maximum absolute atomic E-state index is 13.2. The fraction of sp³-hybridized carbons (Fsp3) is 0.267. The van der Waals surface area contributed by atoms with E-state index in [1.807, 2.05) is 35.8 Å². The van der Waals surface area contributed by atoms with Crippen LogP contribution in [0.4, 0.5) is 8.78 Å². The SMILES string of the molecule is ONC(=S)CC(C1=CCC(F)(F)C=C1)c1ccccc1. The van der Waals surface area contributed by atoms with E-state index >= 15 is 0 Å². The normalized spacial score (nSPS) is 18.2. The highest BCUT2D eigenvalue weighted by Gasteiger charge is 2.28. The van der Waals surface area contributed by atoms with Gasteiger partial charge in [0.1, 0.15) is 4.99 Å². The van der Waals surface area contributed by atoms with E-state index in [4.69, 9.17) is 17.4 Å². The Hall–Kier alpha value is -1.59. The summed E-state index contributed by atoms with van der Waals surface area (Å²) in [6.07, 6.45) is 3.98. The Kier molecular flexibility index (Phi) is 4.62. The molecule has 1 atom stereocenters. The van der Waals surface area contributed by atoms with E-state index < -0.39 is 5.92 Å². The molecule has 0 aromatic heterocycles. The van der Waals surface area contributed by atoms with Crippen LogP contribution in [0.2, 0.25) is 0 Å². The fourth-order valence-electron chi connectivity index (χ4n) is 2.21. The molecule has 0 aliphatic heterocycles. The minimum absolute atomic E-state index is 0.143.